The summed E-state index contributed by atoms with van der Waals surface area (Å²) in [6.45, 7) is 16.4. The van der Waals surface area contributed by atoms with Crippen molar-refractivity contribution in [1.29, 1.82) is 10.8 Å². The molecule has 280 valence electrons. The molecule has 0 amide bonds. The summed E-state index contributed by atoms with van der Waals surface area (Å²) in [5.41, 5.74) is 34.4. The smallest absolute Gasteiger partial charge is 0.187 e. The molecule has 8 N–H and O–H groups in total. The van der Waals surface area contributed by atoms with Crippen LogP contribution < -0.4 is 36.1 Å². The van der Waals surface area contributed by atoms with Crippen molar-refractivity contribution in [3.63, 3.8) is 0 Å². The molecule has 0 aliphatic rings. The van der Waals surface area contributed by atoms with Crippen LogP contribution in [0.15, 0.2) is 107 Å². The number of alkyl halides is 1. The van der Waals surface area contributed by atoms with Gasteiger partial charge in [-0.15, -0.1) is 0 Å². The standard InChI is InChI=1S/C9H8BrNO.C9H11N5O.C9H8N4O.C9H13N3O/c1-11-8-2-4-9(5-3-8)12-7-6-10;10-9(11)7-1-3-8(4-2-7)15-6-5-13-14-12;1-11-8-2-4-9(5-3-8)14-7-6-12-13-10;10-5-6-13-8-3-1-7(2-4-8)9(11)12/h2-5H,6-7H2;1-4H,5-6H2,(H3,10,11);2-5H,6-7H2;1-4H,5-6,10H2,(H3,11,12). The van der Waals surface area contributed by atoms with E-state index in [4.69, 9.17) is 71.2 Å². The molecule has 0 saturated heterocycles. The van der Waals surface area contributed by atoms with E-state index in [-0.39, 0.29) is 11.7 Å². The summed E-state index contributed by atoms with van der Waals surface area (Å²) in [4.78, 5) is 11.7. The molecule has 0 aliphatic heterocycles. The Morgan fingerprint density at radius 2 is 0.889 bits per heavy atom. The average Bonchev–Trinajstić information content (AvgIpc) is 3.21. The molecule has 17 nitrogen and oxygen atoms in total. The van der Waals surface area contributed by atoms with Crippen molar-refractivity contribution in [2.45, 2.75) is 0 Å². The molecule has 0 heterocycles. The number of rotatable bonds is 16. The molecule has 18 heteroatoms. The Kier molecular flexibility index (Phi) is 24.0. The van der Waals surface area contributed by atoms with Gasteiger partial charge in [0.05, 0.1) is 46.1 Å². The largest absolute Gasteiger partial charge is 0.494 e. The number of azide groups is 2. The number of nitrogens with one attached hydrogen (secondary N) is 2. The summed E-state index contributed by atoms with van der Waals surface area (Å²) in [6, 6.07) is 27.7. The third kappa shape index (κ3) is 20.7. The fourth-order valence-corrected chi connectivity index (χ4v) is 3.69. The van der Waals surface area contributed by atoms with Crippen LogP contribution in [0.2, 0.25) is 0 Å². The van der Waals surface area contributed by atoms with Crippen LogP contribution in [0.5, 0.6) is 23.0 Å². The predicted molar refractivity (Wildman–Crippen MR) is 213 cm³/mol. The SMILES string of the molecule is N=C(N)c1ccc(OCCN)cc1.[C-]#[N+]c1ccc(OCCBr)cc1.[C-]#[N+]c1ccc(OCCN=[N+]=[N-])cc1.[N-]=[N+]=NCCOc1ccc(C(=N)N)cc1. The minimum Gasteiger partial charge on any atom is -0.494 e. The Hall–Kier alpha value is -6.94. The fraction of sp³-hybridized carbons (Fsp3) is 0.222. The predicted octanol–water partition coefficient (Wildman–Crippen LogP) is 7.91. The van der Waals surface area contributed by atoms with Crippen LogP contribution in [-0.2, 0) is 0 Å². The van der Waals surface area contributed by atoms with Gasteiger partial charge < -0.3 is 36.1 Å². The molecule has 0 bridgehead atoms. The van der Waals surface area contributed by atoms with Crippen molar-refractivity contribution < 1.29 is 18.9 Å². The van der Waals surface area contributed by atoms with Crippen molar-refractivity contribution >= 4 is 39.0 Å². The maximum Gasteiger partial charge on any atom is 0.187 e. The first kappa shape index (κ1) is 45.1. The fourth-order valence-electron chi connectivity index (χ4n) is 3.53. The number of hydrogen-bond acceptors (Lipinski definition) is 9. The maximum atomic E-state index is 8.03. The van der Waals surface area contributed by atoms with Gasteiger partial charge in [-0.25, -0.2) is 9.69 Å². The molecule has 4 rings (SSSR count). The lowest BCUT2D eigenvalue weighted by Gasteiger charge is -2.04. The monoisotopic (exact) mass is 797 g/mol. The highest BCUT2D eigenvalue weighted by Crippen LogP contribution is 2.18. The lowest BCUT2D eigenvalue weighted by Crippen LogP contribution is -2.12. The Bertz CT molecular complexity index is 1870. The highest BCUT2D eigenvalue weighted by Gasteiger charge is 1.98. The minimum atomic E-state index is 0.0237. The number of nitrogens with zero attached hydrogens (tertiary/aromatic N) is 8. The molecule has 4 aromatic carbocycles. The van der Waals surface area contributed by atoms with Gasteiger partial charge in [0.15, 0.2) is 11.4 Å². The van der Waals surface area contributed by atoms with Crippen LogP contribution in [0.25, 0.3) is 30.6 Å². The topological polar surface area (TPSA) is 269 Å². The second kappa shape index (κ2) is 28.7. The van der Waals surface area contributed by atoms with E-state index in [1.165, 1.54) is 0 Å². The van der Waals surface area contributed by atoms with Crippen molar-refractivity contribution in [1.82, 2.24) is 0 Å². The van der Waals surface area contributed by atoms with Crippen LogP contribution in [0.3, 0.4) is 0 Å². The maximum absolute atomic E-state index is 8.03. The van der Waals surface area contributed by atoms with Gasteiger partial charge in [0, 0.05) is 32.8 Å². The second-order valence-electron chi connectivity index (χ2n) is 9.87. The molecule has 0 fully saturated rings. The Morgan fingerprint density at radius 3 is 1.17 bits per heavy atom. The highest BCUT2D eigenvalue weighted by molar-refractivity contribution is 9.09. The Balaban J connectivity index is 0.000000361. The van der Waals surface area contributed by atoms with E-state index in [1.807, 2.05) is 0 Å². The zero-order valence-electron chi connectivity index (χ0n) is 29.2. The first-order valence-corrected chi connectivity index (χ1v) is 17.0. The summed E-state index contributed by atoms with van der Waals surface area (Å²) < 4.78 is 21.1. The van der Waals surface area contributed by atoms with E-state index in [9.17, 15) is 0 Å². The molecule has 0 aliphatic carbocycles. The number of amidine groups is 2. The third-order valence-electron chi connectivity index (χ3n) is 6.04. The van der Waals surface area contributed by atoms with Gasteiger partial charge in [-0.3, -0.25) is 10.8 Å². The molecule has 4 aromatic rings. The van der Waals surface area contributed by atoms with E-state index in [2.05, 4.69) is 45.7 Å². The zero-order chi connectivity index (χ0) is 39.8. The average molecular weight is 799 g/mol. The van der Waals surface area contributed by atoms with E-state index < -0.39 is 0 Å². The zero-order valence-corrected chi connectivity index (χ0v) is 30.8. The van der Waals surface area contributed by atoms with Crippen LogP contribution in [-0.4, -0.2) is 63.1 Å². The molecule has 0 saturated carbocycles. The van der Waals surface area contributed by atoms with Crippen molar-refractivity contribution in [3.05, 3.63) is 152 Å². The highest BCUT2D eigenvalue weighted by atomic mass is 79.9. The van der Waals surface area contributed by atoms with Crippen LogP contribution >= 0.6 is 15.9 Å². The van der Waals surface area contributed by atoms with E-state index in [0.717, 1.165) is 16.8 Å². The first-order valence-electron chi connectivity index (χ1n) is 15.8. The van der Waals surface area contributed by atoms with E-state index >= 15 is 0 Å². The molecule has 0 aromatic heterocycles. The molecule has 0 atom stereocenters. The van der Waals surface area contributed by atoms with Crippen LogP contribution in [0.1, 0.15) is 11.1 Å². The number of hydrogen-bond donors (Lipinski definition) is 5. The quantitative estimate of drug-likeness (QED) is 0.0109. The number of ether oxygens (including phenoxy) is 4. The molecule has 0 spiro atoms. The Labute approximate surface area is 321 Å². The lowest BCUT2D eigenvalue weighted by atomic mass is 10.2. The molecule has 0 unspecified atom stereocenters. The van der Waals surface area contributed by atoms with Crippen LogP contribution in [0, 0.1) is 24.0 Å². The van der Waals surface area contributed by atoms with Gasteiger partial charge in [0.1, 0.15) is 41.3 Å². The third-order valence-corrected chi connectivity index (χ3v) is 6.37. The van der Waals surface area contributed by atoms with Crippen molar-refractivity contribution in [2.24, 2.45) is 27.4 Å². The number of nitrogens with two attached hydrogens (primary N) is 3. The van der Waals surface area contributed by atoms with Gasteiger partial charge in [0.2, 0.25) is 0 Å². The summed E-state index contributed by atoms with van der Waals surface area (Å²) in [5, 5.41) is 21.8. The van der Waals surface area contributed by atoms with Gasteiger partial charge in [-0.05, 0) is 83.9 Å². The van der Waals surface area contributed by atoms with E-state index in [1.54, 1.807) is 97.1 Å². The minimum absolute atomic E-state index is 0.0237. The van der Waals surface area contributed by atoms with Gasteiger partial charge in [-0.1, -0.05) is 50.4 Å². The van der Waals surface area contributed by atoms with Crippen molar-refractivity contribution in [2.75, 3.05) is 51.4 Å². The van der Waals surface area contributed by atoms with Gasteiger partial charge >= 0.3 is 0 Å². The second-order valence-corrected chi connectivity index (χ2v) is 10.7. The van der Waals surface area contributed by atoms with Crippen LogP contribution in [0.4, 0.5) is 11.4 Å². The lowest BCUT2D eigenvalue weighted by molar-refractivity contribution is 0.328. The molecular weight excluding hydrogens is 758 g/mol. The number of benzene rings is 4. The Morgan fingerprint density at radius 1 is 0.574 bits per heavy atom. The number of halogens is 1. The van der Waals surface area contributed by atoms with Crippen molar-refractivity contribution in [3.8, 4) is 23.0 Å². The normalized spacial score (nSPS) is 9.04. The van der Waals surface area contributed by atoms with E-state index in [0.29, 0.717) is 80.1 Å². The number of nitrogen functional groups attached to an aromatic ring is 2. The first-order chi connectivity index (χ1) is 26.2. The molecular formula is C36H40BrN13O4. The molecule has 0 radical (unpaired) electrons. The summed E-state index contributed by atoms with van der Waals surface area (Å²) >= 11 is 3.26. The molecule has 54 heavy (non-hydrogen) atoms. The van der Waals surface area contributed by atoms with Gasteiger partial charge in [-0.2, -0.15) is 0 Å². The summed E-state index contributed by atoms with van der Waals surface area (Å²) in [5.74, 6) is 2.97. The van der Waals surface area contributed by atoms with Gasteiger partial charge in [0.25, 0.3) is 0 Å². The summed E-state index contributed by atoms with van der Waals surface area (Å²) in [7, 11) is 0. The summed E-state index contributed by atoms with van der Waals surface area (Å²) in [6.07, 6.45) is 0.